The Bertz CT molecular complexity index is 403. The maximum atomic E-state index is 5.94. The van der Waals surface area contributed by atoms with E-state index < -0.39 is 0 Å². The molecule has 0 aliphatic carbocycles. The second-order valence-corrected chi connectivity index (χ2v) is 4.52. The van der Waals surface area contributed by atoms with Crippen molar-refractivity contribution in [2.75, 3.05) is 32.0 Å². The molecule has 0 saturated heterocycles. The van der Waals surface area contributed by atoms with Crippen molar-refractivity contribution in [1.29, 1.82) is 0 Å². The fourth-order valence-corrected chi connectivity index (χ4v) is 2.18. The van der Waals surface area contributed by atoms with Crippen molar-refractivity contribution in [2.24, 2.45) is 0 Å². The van der Waals surface area contributed by atoms with E-state index in [4.69, 9.17) is 15.2 Å². The topological polar surface area (TPSA) is 47.7 Å². The molecule has 0 amide bonds. The number of rotatable bonds is 4. The molecule has 1 aromatic rings. The summed E-state index contributed by atoms with van der Waals surface area (Å²) in [5.74, 6) is 1.66. The van der Waals surface area contributed by atoms with Gasteiger partial charge in [0.15, 0.2) is 11.5 Å². The Balaban J connectivity index is 2.30. The van der Waals surface area contributed by atoms with E-state index in [1.165, 1.54) is 0 Å². The maximum absolute atomic E-state index is 5.94. The van der Waals surface area contributed by atoms with Gasteiger partial charge >= 0.3 is 0 Å². The third-order valence-electron chi connectivity index (χ3n) is 3.24. The van der Waals surface area contributed by atoms with Crippen molar-refractivity contribution in [3.63, 3.8) is 0 Å². The number of nitrogens with zero attached hydrogens (tertiary/aromatic N) is 1. The normalized spacial score (nSPS) is 14.6. The van der Waals surface area contributed by atoms with Gasteiger partial charge in [-0.25, -0.2) is 0 Å². The molecule has 0 atom stereocenters. The van der Waals surface area contributed by atoms with Gasteiger partial charge in [-0.15, -0.1) is 0 Å². The monoisotopic (exact) mass is 250 g/mol. The molecule has 0 aromatic heterocycles. The van der Waals surface area contributed by atoms with Crippen LogP contribution in [-0.4, -0.2) is 31.2 Å². The first-order valence-electron chi connectivity index (χ1n) is 6.65. The number of nitrogen functional groups attached to an aromatic ring is 1. The van der Waals surface area contributed by atoms with Crippen LogP contribution in [0.25, 0.3) is 0 Å². The number of anilines is 1. The lowest BCUT2D eigenvalue weighted by Crippen LogP contribution is -2.22. The molecule has 1 aliphatic heterocycles. The fourth-order valence-electron chi connectivity index (χ4n) is 2.18. The van der Waals surface area contributed by atoms with Crippen LogP contribution >= 0.6 is 0 Å². The summed E-state index contributed by atoms with van der Waals surface area (Å²) >= 11 is 0. The summed E-state index contributed by atoms with van der Waals surface area (Å²) in [5.41, 5.74) is 7.80. The Morgan fingerprint density at radius 1 is 1.17 bits per heavy atom. The summed E-state index contributed by atoms with van der Waals surface area (Å²) in [6.45, 7) is 8.60. The third-order valence-corrected chi connectivity index (χ3v) is 3.24. The van der Waals surface area contributed by atoms with Gasteiger partial charge in [-0.05, 0) is 19.2 Å². The van der Waals surface area contributed by atoms with Gasteiger partial charge in [0, 0.05) is 30.3 Å². The highest BCUT2D eigenvalue weighted by Crippen LogP contribution is 2.36. The van der Waals surface area contributed by atoms with Gasteiger partial charge in [0.25, 0.3) is 0 Å². The summed E-state index contributed by atoms with van der Waals surface area (Å²) in [4.78, 5) is 2.34. The number of hydrogen-bond donors (Lipinski definition) is 1. The van der Waals surface area contributed by atoms with Gasteiger partial charge in [-0.1, -0.05) is 13.8 Å². The van der Waals surface area contributed by atoms with Gasteiger partial charge in [0.2, 0.25) is 0 Å². The van der Waals surface area contributed by atoms with Crippen LogP contribution in [0, 0.1) is 0 Å². The molecule has 1 aromatic carbocycles. The average molecular weight is 250 g/mol. The van der Waals surface area contributed by atoms with Gasteiger partial charge in [-0.2, -0.15) is 0 Å². The van der Waals surface area contributed by atoms with Crippen LogP contribution in [0.15, 0.2) is 12.1 Å². The standard InChI is InChI=1S/C14H22N2O2/c1-3-16(4-2)10-11-8-12(15)9-13-14(11)18-7-5-6-17-13/h8-9H,3-7,10,15H2,1-2H3. The van der Waals surface area contributed by atoms with E-state index in [1.807, 2.05) is 12.1 Å². The first-order chi connectivity index (χ1) is 8.74. The Morgan fingerprint density at radius 2 is 1.89 bits per heavy atom. The van der Waals surface area contributed by atoms with E-state index in [1.54, 1.807) is 0 Å². The summed E-state index contributed by atoms with van der Waals surface area (Å²) in [6, 6.07) is 3.85. The Kier molecular flexibility index (Phi) is 4.31. The maximum Gasteiger partial charge on any atom is 0.165 e. The lowest BCUT2D eigenvalue weighted by atomic mass is 10.1. The molecule has 0 unspecified atom stereocenters. The highest BCUT2D eigenvalue weighted by Gasteiger charge is 2.17. The lowest BCUT2D eigenvalue weighted by molar-refractivity contribution is 0.277. The van der Waals surface area contributed by atoms with Crippen molar-refractivity contribution in [1.82, 2.24) is 4.90 Å². The lowest BCUT2D eigenvalue weighted by Gasteiger charge is -2.21. The molecule has 0 fully saturated rings. The summed E-state index contributed by atoms with van der Waals surface area (Å²) in [5, 5.41) is 0. The van der Waals surface area contributed by atoms with E-state index in [0.29, 0.717) is 13.2 Å². The first-order valence-corrected chi connectivity index (χ1v) is 6.65. The zero-order valence-corrected chi connectivity index (χ0v) is 11.2. The van der Waals surface area contributed by atoms with Gasteiger partial charge in [-0.3, -0.25) is 4.90 Å². The summed E-state index contributed by atoms with van der Waals surface area (Å²) in [7, 11) is 0. The molecular weight excluding hydrogens is 228 g/mol. The van der Waals surface area contributed by atoms with Crippen molar-refractivity contribution >= 4 is 5.69 Å². The second kappa shape index (κ2) is 5.96. The Morgan fingerprint density at radius 3 is 2.61 bits per heavy atom. The molecule has 1 aliphatic rings. The van der Waals surface area contributed by atoms with Crippen LogP contribution in [0.1, 0.15) is 25.8 Å². The molecule has 4 nitrogen and oxygen atoms in total. The number of fused-ring (bicyclic) bond motifs is 1. The summed E-state index contributed by atoms with van der Waals surface area (Å²) in [6.07, 6.45) is 0.916. The smallest absolute Gasteiger partial charge is 0.165 e. The molecule has 2 N–H and O–H groups in total. The van der Waals surface area contributed by atoms with E-state index in [2.05, 4.69) is 18.7 Å². The predicted molar refractivity (Wildman–Crippen MR) is 73.1 cm³/mol. The van der Waals surface area contributed by atoms with Crippen LogP contribution in [-0.2, 0) is 6.54 Å². The highest BCUT2D eigenvalue weighted by atomic mass is 16.5. The molecule has 100 valence electrons. The third kappa shape index (κ3) is 2.88. The molecule has 2 rings (SSSR count). The molecule has 0 bridgehead atoms. The fraction of sp³-hybridized carbons (Fsp3) is 0.571. The van der Waals surface area contributed by atoms with E-state index in [0.717, 1.165) is 48.8 Å². The minimum atomic E-state index is 0.696. The van der Waals surface area contributed by atoms with Crippen LogP contribution in [0.4, 0.5) is 5.69 Å². The molecule has 0 radical (unpaired) electrons. The number of hydrogen-bond acceptors (Lipinski definition) is 4. The highest BCUT2D eigenvalue weighted by molar-refractivity contribution is 5.57. The van der Waals surface area contributed by atoms with E-state index in [9.17, 15) is 0 Å². The number of nitrogens with two attached hydrogens (primary N) is 1. The van der Waals surface area contributed by atoms with Crippen LogP contribution < -0.4 is 15.2 Å². The quantitative estimate of drug-likeness (QED) is 0.833. The van der Waals surface area contributed by atoms with E-state index in [-0.39, 0.29) is 0 Å². The van der Waals surface area contributed by atoms with Gasteiger partial charge < -0.3 is 15.2 Å². The largest absolute Gasteiger partial charge is 0.489 e. The minimum Gasteiger partial charge on any atom is -0.489 e. The molecule has 1 heterocycles. The van der Waals surface area contributed by atoms with Gasteiger partial charge in [0.05, 0.1) is 13.2 Å². The zero-order chi connectivity index (χ0) is 13.0. The predicted octanol–water partition coefficient (Wildman–Crippen LogP) is 2.27. The summed E-state index contributed by atoms with van der Waals surface area (Å²) < 4.78 is 11.5. The molecular formula is C14H22N2O2. The molecule has 0 spiro atoms. The minimum absolute atomic E-state index is 0.696. The first kappa shape index (κ1) is 13.0. The zero-order valence-electron chi connectivity index (χ0n) is 11.2. The van der Waals surface area contributed by atoms with Crippen molar-refractivity contribution in [3.8, 4) is 11.5 Å². The Hall–Kier alpha value is -1.42. The second-order valence-electron chi connectivity index (χ2n) is 4.52. The van der Waals surface area contributed by atoms with Crippen LogP contribution in [0.3, 0.4) is 0 Å². The molecule has 0 saturated carbocycles. The van der Waals surface area contributed by atoms with Gasteiger partial charge in [0.1, 0.15) is 0 Å². The number of benzene rings is 1. The SMILES string of the molecule is CCN(CC)Cc1cc(N)cc2c1OCCCO2. The van der Waals surface area contributed by atoms with Crippen LogP contribution in [0.5, 0.6) is 11.5 Å². The molecule has 4 heteroatoms. The van der Waals surface area contributed by atoms with Crippen LogP contribution in [0.2, 0.25) is 0 Å². The van der Waals surface area contributed by atoms with Crippen molar-refractivity contribution in [3.05, 3.63) is 17.7 Å². The van der Waals surface area contributed by atoms with Crippen molar-refractivity contribution in [2.45, 2.75) is 26.8 Å². The average Bonchev–Trinajstić information content (AvgIpc) is 2.60. The Labute approximate surface area is 109 Å². The van der Waals surface area contributed by atoms with E-state index >= 15 is 0 Å². The molecule has 18 heavy (non-hydrogen) atoms. The van der Waals surface area contributed by atoms with Crippen molar-refractivity contribution < 1.29 is 9.47 Å². The number of ether oxygens (including phenoxy) is 2.